The monoisotopic (exact) mass is 344 g/mol. The number of fused-ring (bicyclic) bond motifs is 1. The second-order valence-corrected chi connectivity index (χ2v) is 5.59. The second-order valence-electron chi connectivity index (χ2n) is 5.59. The zero-order valence-electron chi connectivity index (χ0n) is 13.1. The van der Waals surface area contributed by atoms with Gasteiger partial charge in [-0.15, -0.1) is 5.10 Å². The van der Waals surface area contributed by atoms with E-state index in [1.54, 1.807) is 13.0 Å². The Balaban J connectivity index is 1.82. The number of hydrogen-bond donors (Lipinski definition) is 2. The summed E-state index contributed by atoms with van der Waals surface area (Å²) in [5.74, 6) is -1.89. The van der Waals surface area contributed by atoms with Gasteiger partial charge in [0.25, 0.3) is 0 Å². The predicted molar refractivity (Wildman–Crippen MR) is 82.1 cm³/mol. The fraction of sp³-hybridized carbons (Fsp3) is 0.267. The number of nitriles is 1. The van der Waals surface area contributed by atoms with Crippen LogP contribution in [0, 0.1) is 17.1 Å². The highest BCUT2D eigenvalue weighted by Gasteiger charge is 2.32. The highest BCUT2D eigenvalue weighted by Crippen LogP contribution is 2.21. The smallest absolute Gasteiger partial charge is 0.358 e. The van der Waals surface area contributed by atoms with Gasteiger partial charge < -0.3 is 15.3 Å². The van der Waals surface area contributed by atoms with Crippen LogP contribution in [0.15, 0.2) is 18.2 Å². The topological polar surface area (TPSA) is 124 Å². The molecule has 0 saturated carbocycles. The standard InChI is InChI=1S/C15H13FN6O3/c1-8-6-22-12(13(14(23)24)19-20-22)7-21(8)15(25)18-10-2-3-11(16)9(4-10)5-17/h2-4,8H,6-7H2,1H3,(H,18,25)(H,23,24)/t8-/m0/s1. The lowest BCUT2D eigenvalue weighted by Crippen LogP contribution is -2.47. The van der Waals surface area contributed by atoms with Crippen molar-refractivity contribution in [3.63, 3.8) is 0 Å². The van der Waals surface area contributed by atoms with E-state index in [0.29, 0.717) is 12.2 Å². The molecule has 2 N–H and O–H groups in total. The fourth-order valence-corrected chi connectivity index (χ4v) is 2.62. The van der Waals surface area contributed by atoms with E-state index in [1.165, 1.54) is 21.7 Å². The SMILES string of the molecule is C[C@H]1Cn2nnc(C(=O)O)c2CN1C(=O)Nc1ccc(F)c(C#N)c1. The van der Waals surface area contributed by atoms with Crippen LogP contribution < -0.4 is 5.32 Å². The van der Waals surface area contributed by atoms with Crippen LogP contribution in [0.25, 0.3) is 0 Å². The molecule has 1 aromatic heterocycles. The van der Waals surface area contributed by atoms with Crippen molar-refractivity contribution in [2.45, 2.75) is 26.1 Å². The van der Waals surface area contributed by atoms with Gasteiger partial charge in [0.05, 0.1) is 30.4 Å². The van der Waals surface area contributed by atoms with Crippen LogP contribution in [0.3, 0.4) is 0 Å². The van der Waals surface area contributed by atoms with E-state index in [-0.39, 0.29) is 29.5 Å². The number of benzene rings is 1. The number of rotatable bonds is 2. The fourth-order valence-electron chi connectivity index (χ4n) is 2.62. The molecule has 0 fully saturated rings. The molecule has 2 amide bonds. The Hall–Kier alpha value is -3.48. The Morgan fingerprint density at radius 3 is 2.92 bits per heavy atom. The van der Waals surface area contributed by atoms with Crippen LogP contribution in [0.5, 0.6) is 0 Å². The first-order valence-electron chi connectivity index (χ1n) is 7.33. The Morgan fingerprint density at radius 2 is 2.24 bits per heavy atom. The van der Waals surface area contributed by atoms with Gasteiger partial charge in [-0.05, 0) is 25.1 Å². The average Bonchev–Trinajstić information content (AvgIpc) is 2.98. The Morgan fingerprint density at radius 1 is 1.48 bits per heavy atom. The van der Waals surface area contributed by atoms with E-state index in [4.69, 9.17) is 10.4 Å². The number of aromatic carboxylic acids is 1. The summed E-state index contributed by atoms with van der Waals surface area (Å²) in [5.41, 5.74) is 0.224. The number of nitrogens with one attached hydrogen (secondary N) is 1. The van der Waals surface area contributed by atoms with Gasteiger partial charge >= 0.3 is 12.0 Å². The molecule has 9 nitrogen and oxygen atoms in total. The highest BCUT2D eigenvalue weighted by atomic mass is 19.1. The van der Waals surface area contributed by atoms with Crippen LogP contribution in [0.2, 0.25) is 0 Å². The summed E-state index contributed by atoms with van der Waals surface area (Å²) in [6.45, 7) is 2.11. The van der Waals surface area contributed by atoms with E-state index in [9.17, 15) is 14.0 Å². The van der Waals surface area contributed by atoms with Crippen LogP contribution >= 0.6 is 0 Å². The molecule has 0 unspecified atom stereocenters. The maximum Gasteiger partial charge on any atom is 0.358 e. The maximum absolute atomic E-state index is 13.4. The number of aromatic nitrogens is 3. The van der Waals surface area contributed by atoms with Crippen molar-refractivity contribution in [1.82, 2.24) is 19.9 Å². The van der Waals surface area contributed by atoms with Crippen molar-refractivity contribution in [2.24, 2.45) is 0 Å². The summed E-state index contributed by atoms with van der Waals surface area (Å²) in [4.78, 5) is 25.1. The average molecular weight is 344 g/mol. The van der Waals surface area contributed by atoms with Crippen molar-refractivity contribution in [1.29, 1.82) is 5.26 Å². The van der Waals surface area contributed by atoms with Crippen molar-refractivity contribution in [3.8, 4) is 6.07 Å². The van der Waals surface area contributed by atoms with Crippen molar-refractivity contribution in [3.05, 3.63) is 41.0 Å². The zero-order valence-corrected chi connectivity index (χ0v) is 13.1. The third kappa shape index (κ3) is 2.99. The molecule has 10 heteroatoms. The minimum Gasteiger partial charge on any atom is -0.476 e. The van der Waals surface area contributed by atoms with Gasteiger partial charge in [0.2, 0.25) is 0 Å². The number of carbonyl (C=O) groups excluding carboxylic acids is 1. The second kappa shape index (κ2) is 6.20. The molecule has 1 aliphatic heterocycles. The Kier molecular flexibility index (Phi) is 4.06. The van der Waals surface area contributed by atoms with Crippen LogP contribution in [0.4, 0.5) is 14.9 Å². The van der Waals surface area contributed by atoms with E-state index >= 15 is 0 Å². The van der Waals surface area contributed by atoms with Crippen LogP contribution in [0.1, 0.15) is 28.7 Å². The molecule has 2 heterocycles. The van der Waals surface area contributed by atoms with E-state index in [0.717, 1.165) is 6.07 Å². The van der Waals surface area contributed by atoms with Crippen molar-refractivity contribution < 1.29 is 19.1 Å². The number of carbonyl (C=O) groups is 2. The molecule has 2 aromatic rings. The van der Waals surface area contributed by atoms with Gasteiger partial charge in [-0.25, -0.2) is 18.7 Å². The highest BCUT2D eigenvalue weighted by molar-refractivity contribution is 5.90. The summed E-state index contributed by atoms with van der Waals surface area (Å²) in [5, 5.41) is 28.0. The molecule has 25 heavy (non-hydrogen) atoms. The minimum absolute atomic E-state index is 0.0218. The molecule has 0 spiro atoms. The molecule has 0 aliphatic carbocycles. The summed E-state index contributed by atoms with van der Waals surface area (Å²) in [7, 11) is 0. The zero-order chi connectivity index (χ0) is 18.1. The minimum atomic E-state index is -1.21. The molecule has 128 valence electrons. The maximum atomic E-state index is 13.4. The van der Waals surface area contributed by atoms with Crippen LogP contribution in [-0.2, 0) is 13.1 Å². The van der Waals surface area contributed by atoms with Gasteiger partial charge in [-0.2, -0.15) is 5.26 Å². The van der Waals surface area contributed by atoms with E-state index < -0.39 is 17.8 Å². The van der Waals surface area contributed by atoms with Crippen molar-refractivity contribution in [2.75, 3.05) is 5.32 Å². The molecule has 1 aliphatic rings. The largest absolute Gasteiger partial charge is 0.476 e. The molecule has 0 saturated heterocycles. The number of hydrogen-bond acceptors (Lipinski definition) is 5. The third-order valence-corrected chi connectivity index (χ3v) is 3.93. The first-order valence-corrected chi connectivity index (χ1v) is 7.33. The van der Waals surface area contributed by atoms with Gasteiger partial charge in [0.15, 0.2) is 5.69 Å². The Labute approximate surface area is 141 Å². The molecule has 3 rings (SSSR count). The summed E-state index contributed by atoms with van der Waals surface area (Å²) >= 11 is 0. The first kappa shape index (κ1) is 16.4. The summed E-state index contributed by atoms with van der Waals surface area (Å²) in [6, 6.07) is 4.62. The number of urea groups is 1. The predicted octanol–water partition coefficient (Wildman–Crippen LogP) is 1.42. The molecule has 0 radical (unpaired) electrons. The number of halogens is 1. The normalized spacial score (nSPS) is 16.0. The summed E-state index contributed by atoms with van der Waals surface area (Å²) < 4.78 is 14.8. The molecule has 1 aromatic carbocycles. The first-order chi connectivity index (χ1) is 11.9. The molecule has 0 bridgehead atoms. The van der Waals surface area contributed by atoms with E-state index in [1.807, 2.05) is 0 Å². The lowest BCUT2D eigenvalue weighted by atomic mass is 10.1. The molecular formula is C15H13FN6O3. The third-order valence-electron chi connectivity index (χ3n) is 3.93. The van der Waals surface area contributed by atoms with Crippen molar-refractivity contribution >= 4 is 17.7 Å². The van der Waals surface area contributed by atoms with Gasteiger partial charge in [-0.1, -0.05) is 5.21 Å². The van der Waals surface area contributed by atoms with Crippen LogP contribution in [-0.4, -0.2) is 43.0 Å². The summed E-state index contributed by atoms with van der Waals surface area (Å²) in [6.07, 6.45) is 0. The molecule has 1 atom stereocenters. The lowest BCUT2D eigenvalue weighted by molar-refractivity contribution is 0.0685. The van der Waals surface area contributed by atoms with E-state index in [2.05, 4.69) is 15.6 Å². The van der Waals surface area contributed by atoms with Gasteiger partial charge in [-0.3, -0.25) is 0 Å². The number of anilines is 1. The number of nitrogens with zero attached hydrogens (tertiary/aromatic N) is 5. The molecular weight excluding hydrogens is 331 g/mol. The number of amides is 2. The Bertz CT molecular complexity index is 903. The van der Waals surface area contributed by atoms with Gasteiger partial charge in [0.1, 0.15) is 11.9 Å². The lowest BCUT2D eigenvalue weighted by Gasteiger charge is -2.33. The van der Waals surface area contributed by atoms with Gasteiger partial charge in [0, 0.05) is 5.69 Å². The number of carboxylic acid groups (broad SMARTS) is 1. The number of carboxylic acids is 1. The quantitative estimate of drug-likeness (QED) is 0.849.